The maximum absolute atomic E-state index is 11.6. The fraction of sp³-hybridized carbons (Fsp3) is 0.471. The van der Waals surface area contributed by atoms with Crippen molar-refractivity contribution in [2.75, 3.05) is 57.8 Å². The van der Waals surface area contributed by atoms with Crippen molar-refractivity contribution < 1.29 is 9.59 Å². The van der Waals surface area contributed by atoms with Gasteiger partial charge in [-0.15, -0.1) is 24.0 Å². The topological polar surface area (TPSA) is 80.3 Å². The van der Waals surface area contributed by atoms with Gasteiger partial charge in [-0.3, -0.25) is 14.7 Å². The summed E-state index contributed by atoms with van der Waals surface area (Å²) in [6, 6.07) is 7.52. The van der Waals surface area contributed by atoms with Gasteiger partial charge < -0.3 is 20.4 Å². The number of guanidine groups is 1. The summed E-state index contributed by atoms with van der Waals surface area (Å²) in [6.45, 7) is 4.19. The predicted octanol–water partition coefficient (Wildman–Crippen LogP) is 1.21. The van der Waals surface area contributed by atoms with Crippen molar-refractivity contribution in [1.29, 1.82) is 0 Å². The van der Waals surface area contributed by atoms with Gasteiger partial charge in [-0.1, -0.05) is 23.7 Å². The van der Waals surface area contributed by atoms with Gasteiger partial charge in [0.15, 0.2) is 5.96 Å². The normalized spacial score (nSPS) is 17.7. The molecule has 2 aliphatic rings. The summed E-state index contributed by atoms with van der Waals surface area (Å²) in [5.74, 6) is 0.580. The van der Waals surface area contributed by atoms with Crippen molar-refractivity contribution in [2.24, 2.45) is 4.99 Å². The van der Waals surface area contributed by atoms with E-state index in [1.807, 2.05) is 24.3 Å². The lowest BCUT2D eigenvalue weighted by Crippen LogP contribution is -2.53. The number of para-hydroxylation sites is 1. The van der Waals surface area contributed by atoms with E-state index in [1.54, 1.807) is 7.05 Å². The molecule has 1 aromatic rings. The summed E-state index contributed by atoms with van der Waals surface area (Å²) in [4.78, 5) is 33.1. The molecule has 2 fully saturated rings. The Labute approximate surface area is 180 Å². The average molecular weight is 507 g/mol. The third kappa shape index (κ3) is 5.16. The zero-order valence-corrected chi connectivity index (χ0v) is 18.2. The molecule has 0 radical (unpaired) electrons. The fourth-order valence-corrected chi connectivity index (χ4v) is 3.42. The lowest BCUT2D eigenvalue weighted by molar-refractivity contribution is -0.124. The summed E-state index contributed by atoms with van der Waals surface area (Å²) >= 11 is 6.28. The first-order valence-corrected chi connectivity index (χ1v) is 9.01. The molecule has 0 bridgehead atoms. The number of nitrogens with one attached hydrogen (secondary N) is 2. The van der Waals surface area contributed by atoms with E-state index in [4.69, 9.17) is 11.6 Å². The number of anilines is 1. The molecule has 2 aliphatic heterocycles. The van der Waals surface area contributed by atoms with Gasteiger partial charge in [0.2, 0.25) is 5.91 Å². The highest BCUT2D eigenvalue weighted by atomic mass is 127. The van der Waals surface area contributed by atoms with Crippen LogP contribution in [0.4, 0.5) is 10.5 Å². The molecule has 0 spiro atoms. The molecule has 3 amide bonds. The van der Waals surface area contributed by atoms with E-state index in [0.29, 0.717) is 13.1 Å². The van der Waals surface area contributed by atoms with Gasteiger partial charge in [-0.25, -0.2) is 4.79 Å². The number of hydrogen-bond acceptors (Lipinski definition) is 4. The third-order valence-corrected chi connectivity index (χ3v) is 4.86. The minimum Gasteiger partial charge on any atom is -0.367 e. The van der Waals surface area contributed by atoms with E-state index in [1.165, 1.54) is 4.90 Å². The zero-order valence-electron chi connectivity index (χ0n) is 15.2. The van der Waals surface area contributed by atoms with E-state index >= 15 is 0 Å². The number of amides is 3. The van der Waals surface area contributed by atoms with Gasteiger partial charge in [0.05, 0.1) is 17.3 Å². The molecule has 148 valence electrons. The molecule has 2 saturated heterocycles. The summed E-state index contributed by atoms with van der Waals surface area (Å²) < 4.78 is 0. The quantitative estimate of drug-likeness (QED) is 0.278. The Morgan fingerprint density at radius 1 is 1.22 bits per heavy atom. The lowest BCUT2D eigenvalue weighted by atomic mass is 10.2. The summed E-state index contributed by atoms with van der Waals surface area (Å²) in [5, 5.41) is 6.50. The first-order chi connectivity index (χ1) is 12.6. The highest BCUT2D eigenvalue weighted by molar-refractivity contribution is 14.0. The highest BCUT2D eigenvalue weighted by Gasteiger charge is 2.28. The molecular weight excluding hydrogens is 483 g/mol. The van der Waals surface area contributed by atoms with Crippen molar-refractivity contribution in [3.63, 3.8) is 0 Å². The van der Waals surface area contributed by atoms with Gasteiger partial charge in [0.25, 0.3) is 0 Å². The van der Waals surface area contributed by atoms with Crippen molar-refractivity contribution in [3.05, 3.63) is 29.3 Å². The number of carbonyl (C=O) groups is 2. The molecule has 2 N–H and O–H groups in total. The Bertz CT molecular complexity index is 692. The first-order valence-electron chi connectivity index (χ1n) is 8.63. The van der Waals surface area contributed by atoms with Gasteiger partial charge in [-0.05, 0) is 12.1 Å². The smallest absolute Gasteiger partial charge is 0.324 e. The number of piperazine rings is 1. The highest BCUT2D eigenvalue weighted by Crippen LogP contribution is 2.25. The standard InChI is InChI=1S/C17H23ClN6O2.HI/c1-19-16(20-6-7-24-15(25)12-21-17(24)26)23-10-8-22(9-11-23)14-5-3-2-4-13(14)18;/h2-5H,6-12H2,1H3,(H,19,20)(H,21,26);1H. The molecule has 0 unspecified atom stereocenters. The zero-order chi connectivity index (χ0) is 18.5. The summed E-state index contributed by atoms with van der Waals surface area (Å²) in [7, 11) is 1.73. The van der Waals surface area contributed by atoms with Crippen LogP contribution in [-0.4, -0.2) is 80.6 Å². The van der Waals surface area contributed by atoms with Crippen molar-refractivity contribution >= 4 is 59.2 Å². The first kappa shape index (κ1) is 21.5. The van der Waals surface area contributed by atoms with E-state index in [2.05, 4.69) is 25.4 Å². The molecule has 27 heavy (non-hydrogen) atoms. The minimum absolute atomic E-state index is 0. The number of benzene rings is 1. The van der Waals surface area contributed by atoms with Crippen molar-refractivity contribution in [1.82, 2.24) is 20.4 Å². The van der Waals surface area contributed by atoms with Crippen molar-refractivity contribution in [2.45, 2.75) is 0 Å². The van der Waals surface area contributed by atoms with E-state index in [9.17, 15) is 9.59 Å². The second-order valence-corrected chi connectivity index (χ2v) is 6.51. The van der Waals surface area contributed by atoms with E-state index in [-0.39, 0.29) is 42.5 Å². The number of halogens is 2. The number of aliphatic imine (C=N–C) groups is 1. The van der Waals surface area contributed by atoms with Crippen LogP contribution in [0.25, 0.3) is 0 Å². The van der Waals surface area contributed by atoms with Gasteiger partial charge in [-0.2, -0.15) is 0 Å². The van der Waals surface area contributed by atoms with Crippen LogP contribution in [0.15, 0.2) is 29.3 Å². The van der Waals surface area contributed by atoms with E-state index in [0.717, 1.165) is 42.8 Å². The van der Waals surface area contributed by atoms with Crippen LogP contribution >= 0.6 is 35.6 Å². The average Bonchev–Trinajstić information content (AvgIpc) is 2.98. The Hall–Kier alpha value is -1.75. The van der Waals surface area contributed by atoms with Crippen LogP contribution in [0.3, 0.4) is 0 Å². The Morgan fingerprint density at radius 2 is 1.93 bits per heavy atom. The number of urea groups is 1. The molecule has 0 saturated carbocycles. The molecule has 3 rings (SSSR count). The number of imide groups is 1. The van der Waals surface area contributed by atoms with Crippen LogP contribution < -0.4 is 15.5 Å². The van der Waals surface area contributed by atoms with Crippen LogP contribution in [0, 0.1) is 0 Å². The number of rotatable bonds is 4. The van der Waals surface area contributed by atoms with Gasteiger partial charge >= 0.3 is 6.03 Å². The maximum Gasteiger partial charge on any atom is 0.324 e. The molecule has 1 aromatic carbocycles. The number of nitrogens with zero attached hydrogens (tertiary/aromatic N) is 4. The molecule has 8 nitrogen and oxygen atoms in total. The molecule has 0 aromatic heterocycles. The van der Waals surface area contributed by atoms with Crippen molar-refractivity contribution in [3.8, 4) is 0 Å². The summed E-state index contributed by atoms with van der Waals surface area (Å²) in [5.41, 5.74) is 1.05. The third-order valence-electron chi connectivity index (χ3n) is 4.54. The Morgan fingerprint density at radius 3 is 2.52 bits per heavy atom. The second-order valence-electron chi connectivity index (χ2n) is 6.10. The minimum atomic E-state index is -0.333. The van der Waals surface area contributed by atoms with Gasteiger partial charge in [0, 0.05) is 46.3 Å². The Kier molecular flexibility index (Phi) is 7.96. The molecule has 2 heterocycles. The molecule has 0 aliphatic carbocycles. The lowest BCUT2D eigenvalue weighted by Gasteiger charge is -2.38. The largest absolute Gasteiger partial charge is 0.367 e. The Balaban J connectivity index is 0.00000261. The number of carbonyl (C=O) groups excluding carboxylic acids is 2. The molecule has 10 heteroatoms. The SMILES string of the molecule is CN=C(NCCN1C(=O)CNC1=O)N1CCN(c2ccccc2Cl)CC1.I. The molecular formula is C17H24ClIN6O2. The predicted molar refractivity (Wildman–Crippen MR) is 117 cm³/mol. The number of hydrogen-bond donors (Lipinski definition) is 2. The monoisotopic (exact) mass is 506 g/mol. The van der Waals surface area contributed by atoms with E-state index < -0.39 is 0 Å². The molecule has 0 atom stereocenters. The van der Waals surface area contributed by atoms with Crippen LogP contribution in [0.5, 0.6) is 0 Å². The summed E-state index contributed by atoms with van der Waals surface area (Å²) in [6.07, 6.45) is 0. The maximum atomic E-state index is 11.6. The van der Waals surface area contributed by atoms with Crippen LogP contribution in [0.1, 0.15) is 0 Å². The van der Waals surface area contributed by atoms with Crippen LogP contribution in [-0.2, 0) is 4.79 Å². The van der Waals surface area contributed by atoms with Crippen LogP contribution in [0.2, 0.25) is 5.02 Å². The fourth-order valence-electron chi connectivity index (χ4n) is 3.16. The van der Waals surface area contributed by atoms with Gasteiger partial charge in [0.1, 0.15) is 0 Å². The second kappa shape index (κ2) is 9.98.